The molecule has 0 spiro atoms. The molecule has 0 saturated heterocycles. The molecule has 1 atom stereocenters. The monoisotopic (exact) mass is 302 g/mol. The molecule has 0 radical (unpaired) electrons. The van der Waals surface area contributed by atoms with Gasteiger partial charge < -0.3 is 15.7 Å². The number of aliphatic hydroxyl groups is 1. The number of nitrogens with one attached hydrogen (secondary N) is 2. The maximum absolute atomic E-state index is 9.28. The number of rotatable bonds is 6. The second kappa shape index (κ2) is 6.76. The highest BCUT2D eigenvalue weighted by Crippen LogP contribution is 2.22. The highest BCUT2D eigenvalue weighted by atomic mass is 79.9. The van der Waals surface area contributed by atoms with Crippen LogP contribution < -0.4 is 10.6 Å². The van der Waals surface area contributed by atoms with Crippen LogP contribution in [0.2, 0.25) is 0 Å². The van der Waals surface area contributed by atoms with E-state index in [1.165, 1.54) is 0 Å². The minimum atomic E-state index is -0.0179. The van der Waals surface area contributed by atoms with Crippen molar-refractivity contribution in [1.29, 1.82) is 0 Å². The van der Waals surface area contributed by atoms with E-state index in [0.717, 1.165) is 11.0 Å². The fourth-order valence-corrected chi connectivity index (χ4v) is 1.62. The summed E-state index contributed by atoms with van der Waals surface area (Å²) in [6.07, 6.45) is 1.70. The minimum Gasteiger partial charge on any atom is -0.394 e. The van der Waals surface area contributed by atoms with Gasteiger partial charge in [0, 0.05) is 12.7 Å². The van der Waals surface area contributed by atoms with Gasteiger partial charge in [0.15, 0.2) is 0 Å². The summed E-state index contributed by atoms with van der Waals surface area (Å²) in [5, 5.41) is 15.5. The molecule has 0 saturated carbocycles. The highest BCUT2D eigenvalue weighted by molar-refractivity contribution is 9.10. The van der Waals surface area contributed by atoms with Crippen molar-refractivity contribution in [2.75, 3.05) is 23.8 Å². The van der Waals surface area contributed by atoms with Crippen LogP contribution in [-0.4, -0.2) is 34.3 Å². The Kier molecular flexibility index (Phi) is 5.64. The fraction of sp³-hybridized carbons (Fsp3) is 0.636. The number of halogens is 1. The molecule has 0 amide bonds. The highest BCUT2D eigenvalue weighted by Gasteiger charge is 2.14. The van der Waals surface area contributed by atoms with Gasteiger partial charge in [0.2, 0.25) is 5.95 Å². The van der Waals surface area contributed by atoms with Gasteiger partial charge >= 0.3 is 0 Å². The molecule has 0 unspecified atom stereocenters. The van der Waals surface area contributed by atoms with E-state index in [1.807, 2.05) is 20.8 Å². The predicted octanol–water partition coefficient (Wildman–Crippen LogP) is 2.10. The maximum Gasteiger partial charge on any atom is 0.224 e. The van der Waals surface area contributed by atoms with Crippen LogP contribution in [-0.2, 0) is 0 Å². The zero-order chi connectivity index (χ0) is 12.8. The second-order valence-corrected chi connectivity index (χ2v) is 4.95. The molecule has 0 bridgehead atoms. The molecule has 5 nitrogen and oxygen atoms in total. The Morgan fingerprint density at radius 1 is 1.47 bits per heavy atom. The van der Waals surface area contributed by atoms with Gasteiger partial charge in [0.05, 0.1) is 17.1 Å². The van der Waals surface area contributed by atoms with Crippen LogP contribution in [0.1, 0.15) is 20.8 Å². The van der Waals surface area contributed by atoms with Crippen LogP contribution in [0.25, 0.3) is 0 Å². The molecule has 96 valence electrons. The summed E-state index contributed by atoms with van der Waals surface area (Å²) in [6.45, 7) is 6.94. The predicted molar refractivity (Wildman–Crippen MR) is 73.2 cm³/mol. The molecule has 17 heavy (non-hydrogen) atoms. The standard InChI is InChI=1S/C11H19BrN4O/c1-4-13-11-14-5-8(12)10(16-11)15-9(6-17)7(2)3/h5,7,9,17H,4,6H2,1-3H3,(H2,13,14,15,16)/t9-/m1/s1. The van der Waals surface area contributed by atoms with Crippen molar-refractivity contribution in [2.24, 2.45) is 5.92 Å². The lowest BCUT2D eigenvalue weighted by Crippen LogP contribution is -2.30. The van der Waals surface area contributed by atoms with Gasteiger partial charge in [-0.25, -0.2) is 4.98 Å². The third-order valence-electron chi connectivity index (χ3n) is 2.40. The first-order valence-electron chi connectivity index (χ1n) is 5.72. The van der Waals surface area contributed by atoms with Gasteiger partial charge in [-0.2, -0.15) is 4.98 Å². The van der Waals surface area contributed by atoms with E-state index in [1.54, 1.807) is 6.20 Å². The fourth-order valence-electron chi connectivity index (χ4n) is 1.31. The van der Waals surface area contributed by atoms with E-state index >= 15 is 0 Å². The maximum atomic E-state index is 9.28. The minimum absolute atomic E-state index is 0.0179. The van der Waals surface area contributed by atoms with Crippen LogP contribution in [0, 0.1) is 5.92 Å². The third kappa shape index (κ3) is 4.12. The number of nitrogens with zero attached hydrogens (tertiary/aromatic N) is 2. The molecule has 3 N–H and O–H groups in total. The molecule has 6 heteroatoms. The van der Waals surface area contributed by atoms with E-state index in [0.29, 0.717) is 17.7 Å². The van der Waals surface area contributed by atoms with E-state index < -0.39 is 0 Å². The van der Waals surface area contributed by atoms with Gasteiger partial charge in [-0.3, -0.25) is 0 Å². The number of aliphatic hydroxyl groups excluding tert-OH is 1. The number of aromatic nitrogens is 2. The van der Waals surface area contributed by atoms with Crippen molar-refractivity contribution >= 4 is 27.7 Å². The molecule has 0 aliphatic rings. The largest absolute Gasteiger partial charge is 0.394 e. The molecule has 1 aromatic heterocycles. The molecule has 0 aliphatic carbocycles. The van der Waals surface area contributed by atoms with E-state index in [4.69, 9.17) is 0 Å². The smallest absolute Gasteiger partial charge is 0.224 e. The quantitative estimate of drug-likeness (QED) is 0.751. The molecule has 1 rings (SSSR count). The molecule has 0 aromatic carbocycles. The average Bonchev–Trinajstić information content (AvgIpc) is 2.29. The van der Waals surface area contributed by atoms with E-state index in [9.17, 15) is 5.11 Å². The summed E-state index contributed by atoms with van der Waals surface area (Å²) in [4.78, 5) is 8.48. The Morgan fingerprint density at radius 3 is 2.71 bits per heavy atom. The van der Waals surface area contributed by atoms with Crippen LogP contribution in [0.5, 0.6) is 0 Å². The number of anilines is 2. The molecular weight excluding hydrogens is 284 g/mol. The first kappa shape index (κ1) is 14.2. The van der Waals surface area contributed by atoms with Crippen molar-refractivity contribution in [3.8, 4) is 0 Å². The molecule has 1 aromatic rings. The van der Waals surface area contributed by atoms with Gasteiger partial charge in [0.1, 0.15) is 5.82 Å². The van der Waals surface area contributed by atoms with Gasteiger partial charge in [-0.1, -0.05) is 13.8 Å². The SMILES string of the molecule is CCNc1ncc(Br)c(N[C@H](CO)C(C)C)n1. The zero-order valence-electron chi connectivity index (χ0n) is 10.4. The van der Waals surface area contributed by atoms with E-state index in [-0.39, 0.29) is 12.6 Å². The van der Waals surface area contributed by atoms with Crippen molar-refractivity contribution < 1.29 is 5.11 Å². The average molecular weight is 303 g/mol. The molecule has 1 heterocycles. The molecular formula is C11H19BrN4O. The summed E-state index contributed by atoms with van der Waals surface area (Å²) in [5.41, 5.74) is 0. The van der Waals surface area contributed by atoms with Crippen LogP contribution >= 0.6 is 15.9 Å². The van der Waals surface area contributed by atoms with Crippen molar-refractivity contribution in [3.05, 3.63) is 10.7 Å². The second-order valence-electron chi connectivity index (χ2n) is 4.10. The normalized spacial score (nSPS) is 12.6. The van der Waals surface area contributed by atoms with Crippen molar-refractivity contribution in [3.63, 3.8) is 0 Å². The summed E-state index contributed by atoms with van der Waals surface area (Å²) in [6, 6.07) is -0.0179. The first-order valence-corrected chi connectivity index (χ1v) is 6.51. The summed E-state index contributed by atoms with van der Waals surface area (Å²) in [5.74, 6) is 1.60. The van der Waals surface area contributed by atoms with Gasteiger partial charge in [-0.05, 0) is 28.8 Å². The summed E-state index contributed by atoms with van der Waals surface area (Å²) < 4.78 is 0.790. The van der Waals surface area contributed by atoms with Gasteiger partial charge in [-0.15, -0.1) is 0 Å². The van der Waals surface area contributed by atoms with Crippen LogP contribution in [0.4, 0.5) is 11.8 Å². The summed E-state index contributed by atoms with van der Waals surface area (Å²) in [7, 11) is 0. The van der Waals surface area contributed by atoms with Crippen molar-refractivity contribution in [1.82, 2.24) is 9.97 Å². The molecule has 0 aliphatic heterocycles. The van der Waals surface area contributed by atoms with Crippen molar-refractivity contribution in [2.45, 2.75) is 26.8 Å². The lowest BCUT2D eigenvalue weighted by Gasteiger charge is -2.21. The number of hydrogen-bond acceptors (Lipinski definition) is 5. The number of hydrogen-bond donors (Lipinski definition) is 3. The third-order valence-corrected chi connectivity index (χ3v) is 2.98. The Balaban J connectivity index is 2.84. The lowest BCUT2D eigenvalue weighted by molar-refractivity contribution is 0.249. The topological polar surface area (TPSA) is 70.1 Å². The summed E-state index contributed by atoms with van der Waals surface area (Å²) >= 11 is 3.39. The Bertz CT molecular complexity index is 359. The van der Waals surface area contributed by atoms with Gasteiger partial charge in [0.25, 0.3) is 0 Å². The Labute approximate surface area is 110 Å². The van der Waals surface area contributed by atoms with Crippen LogP contribution in [0.15, 0.2) is 10.7 Å². The van der Waals surface area contributed by atoms with Crippen LogP contribution in [0.3, 0.4) is 0 Å². The molecule has 0 fully saturated rings. The Morgan fingerprint density at radius 2 is 2.18 bits per heavy atom. The lowest BCUT2D eigenvalue weighted by atomic mass is 10.1. The Hall–Kier alpha value is -0.880. The first-order chi connectivity index (χ1) is 8.08. The van der Waals surface area contributed by atoms with E-state index in [2.05, 4.69) is 36.5 Å². The zero-order valence-corrected chi connectivity index (χ0v) is 12.0.